The van der Waals surface area contributed by atoms with Crippen molar-refractivity contribution in [3.05, 3.63) is 47.8 Å². The highest BCUT2D eigenvalue weighted by Gasteiger charge is 2.53. The number of ether oxygens (including phenoxy) is 6. The molecule has 2 saturated heterocycles. The minimum Gasteiger partial charge on any atom is -0.499 e. The Hall–Kier alpha value is -2.17. The monoisotopic (exact) mass is 781 g/mol. The zero-order chi connectivity index (χ0) is 41.4. The van der Waals surface area contributed by atoms with Crippen LogP contribution < -0.4 is 5.32 Å². The molecule has 3 fully saturated rings. The van der Waals surface area contributed by atoms with Crippen molar-refractivity contribution in [2.24, 2.45) is 29.6 Å². The molecule has 0 aromatic heterocycles. The first-order valence-electron chi connectivity index (χ1n) is 19.8. The van der Waals surface area contributed by atoms with Gasteiger partial charge < -0.3 is 59.3 Å². The number of carbonyl (C=O) groups is 1. The molecule has 1 amide bonds. The predicted molar refractivity (Wildman–Crippen MR) is 208 cm³/mol. The molecule has 2 aliphatic heterocycles. The third-order valence-corrected chi connectivity index (χ3v) is 11.9. The van der Waals surface area contributed by atoms with E-state index in [1.54, 1.807) is 53.9 Å². The fraction of sp³-hybridized carbons (Fsp3) is 0.786. The van der Waals surface area contributed by atoms with Crippen LogP contribution in [0.15, 0.2) is 47.8 Å². The van der Waals surface area contributed by atoms with Gasteiger partial charge in [-0.05, 0) is 52.5 Å². The molecule has 6 N–H and O–H groups in total. The van der Waals surface area contributed by atoms with Crippen molar-refractivity contribution >= 4 is 5.91 Å². The van der Waals surface area contributed by atoms with Crippen molar-refractivity contribution in [3.8, 4) is 0 Å². The number of aliphatic hydroxyl groups excluding tert-OH is 3. The van der Waals surface area contributed by atoms with Crippen LogP contribution in [0.4, 0.5) is 0 Å². The molecule has 0 radical (unpaired) electrons. The first kappa shape index (κ1) is 47.2. The van der Waals surface area contributed by atoms with Gasteiger partial charge in [0, 0.05) is 57.7 Å². The van der Waals surface area contributed by atoms with Crippen LogP contribution in [0.1, 0.15) is 88.0 Å². The Labute approximate surface area is 328 Å². The highest BCUT2D eigenvalue weighted by molar-refractivity contribution is 5.73. The van der Waals surface area contributed by atoms with Gasteiger partial charge in [0.15, 0.2) is 12.1 Å². The van der Waals surface area contributed by atoms with E-state index in [2.05, 4.69) is 11.4 Å². The van der Waals surface area contributed by atoms with Crippen molar-refractivity contribution in [2.75, 3.05) is 21.3 Å². The standard InChI is InChI=1S/C42H71NO12/c1-13-42(49)40(52-12)37(46)26(5)39(55-42)35(51-11)21-25(4)33(54-36-22-32(43-29(8)45)38(47)28(7)53-36)18-19-41(9,48)31-16-17-34(50-10)30(31)15-14-23(2)20-24(3)27(6)44/h14-15,18-21,24-28,30-34,36-40,44,46-49H,13,16-17,22H2,1-12H3,(H,43,45)/b15-14+,19-18+,23-20+,35-21-/t24?,25?,26?,27?,28-,30?,31?,32-,33?,34?,36+,37?,38-,39?,40?,41?,42?/m1/s1. The zero-order valence-corrected chi connectivity index (χ0v) is 35.0. The Balaban J connectivity index is 2.00. The average molecular weight is 782 g/mol. The SMILES string of the molecule is CCC1(O)OC(/C(=C/C(C)C(/C=C/C(C)(O)C2CCC(OC)C2/C=C/C(C)=C/C(C)C(C)O)O[C@H]2C[C@@H](NC(C)=O)[C@H](O)[C@@H](C)O2)OC)C(C)C(O)C1OC. The topological polar surface area (TPSA) is 186 Å². The van der Waals surface area contributed by atoms with E-state index in [0.29, 0.717) is 12.2 Å². The van der Waals surface area contributed by atoms with Gasteiger partial charge in [-0.3, -0.25) is 4.79 Å². The van der Waals surface area contributed by atoms with Gasteiger partial charge in [-0.15, -0.1) is 0 Å². The minimum atomic E-state index is -1.76. The van der Waals surface area contributed by atoms with Crippen LogP contribution in [0.25, 0.3) is 0 Å². The van der Waals surface area contributed by atoms with Crippen LogP contribution >= 0.6 is 0 Å². The lowest BCUT2D eigenvalue weighted by Gasteiger charge is -2.48. The lowest BCUT2D eigenvalue weighted by Crippen LogP contribution is -2.62. The van der Waals surface area contributed by atoms with Crippen LogP contribution in [0, 0.1) is 29.6 Å². The minimum absolute atomic E-state index is 0.00846. The third-order valence-electron chi connectivity index (χ3n) is 11.9. The summed E-state index contributed by atoms with van der Waals surface area (Å²) in [5.74, 6) is -2.93. The molecule has 316 valence electrons. The Kier molecular flexibility index (Phi) is 17.6. The van der Waals surface area contributed by atoms with Gasteiger partial charge in [0.2, 0.25) is 5.91 Å². The molecule has 13 heteroatoms. The Morgan fingerprint density at radius 3 is 2.27 bits per heavy atom. The first-order chi connectivity index (χ1) is 25.7. The molecule has 17 atom stereocenters. The quantitative estimate of drug-likeness (QED) is 0.0712. The number of amides is 1. The highest BCUT2D eigenvalue weighted by atomic mass is 16.7. The second-order valence-corrected chi connectivity index (χ2v) is 16.3. The number of allylic oxidation sites excluding steroid dienone is 2. The van der Waals surface area contributed by atoms with Crippen LogP contribution in [0.3, 0.4) is 0 Å². The number of carbonyl (C=O) groups excluding carboxylic acids is 1. The summed E-state index contributed by atoms with van der Waals surface area (Å²) in [6, 6.07) is -0.601. The summed E-state index contributed by atoms with van der Waals surface area (Å²) in [4.78, 5) is 12.0. The van der Waals surface area contributed by atoms with Crippen LogP contribution in [0.5, 0.6) is 0 Å². The Bertz CT molecular complexity index is 1350. The van der Waals surface area contributed by atoms with E-state index in [0.717, 1.165) is 12.0 Å². The second-order valence-electron chi connectivity index (χ2n) is 16.3. The fourth-order valence-electron chi connectivity index (χ4n) is 8.22. The second kappa shape index (κ2) is 20.5. The third kappa shape index (κ3) is 11.9. The largest absolute Gasteiger partial charge is 0.499 e. The summed E-state index contributed by atoms with van der Waals surface area (Å²) >= 11 is 0. The van der Waals surface area contributed by atoms with Gasteiger partial charge in [-0.2, -0.15) is 0 Å². The molecule has 13 nitrogen and oxygen atoms in total. The van der Waals surface area contributed by atoms with Gasteiger partial charge in [-0.1, -0.05) is 63.6 Å². The van der Waals surface area contributed by atoms with Crippen molar-refractivity contribution in [3.63, 3.8) is 0 Å². The van der Waals surface area contributed by atoms with E-state index >= 15 is 0 Å². The van der Waals surface area contributed by atoms with Crippen molar-refractivity contribution in [2.45, 2.75) is 161 Å². The first-order valence-corrected chi connectivity index (χ1v) is 19.8. The van der Waals surface area contributed by atoms with Crippen molar-refractivity contribution < 1.29 is 58.7 Å². The van der Waals surface area contributed by atoms with E-state index in [-0.39, 0.29) is 42.6 Å². The van der Waals surface area contributed by atoms with Crippen LogP contribution in [-0.4, -0.2) is 125 Å². The molecule has 3 aliphatic rings. The summed E-state index contributed by atoms with van der Waals surface area (Å²) in [6.07, 6.45) is 6.84. The van der Waals surface area contributed by atoms with Gasteiger partial charge in [0.1, 0.15) is 24.1 Å². The number of methoxy groups -OCH3 is 3. The maximum absolute atomic E-state index is 12.1. The van der Waals surface area contributed by atoms with Gasteiger partial charge in [0.05, 0.1) is 49.3 Å². The predicted octanol–water partition coefficient (Wildman–Crippen LogP) is 3.92. The number of rotatable bonds is 17. The smallest absolute Gasteiger partial charge is 0.217 e. The van der Waals surface area contributed by atoms with E-state index in [4.69, 9.17) is 28.4 Å². The summed E-state index contributed by atoms with van der Waals surface area (Å²) in [6.45, 7) is 16.1. The van der Waals surface area contributed by atoms with Gasteiger partial charge in [-0.25, -0.2) is 0 Å². The average Bonchev–Trinajstić information content (AvgIpc) is 3.55. The van der Waals surface area contributed by atoms with Crippen molar-refractivity contribution in [1.29, 1.82) is 0 Å². The number of aliphatic hydroxyl groups is 5. The molecule has 2 heterocycles. The van der Waals surface area contributed by atoms with Crippen LogP contribution in [-0.2, 0) is 33.2 Å². The summed E-state index contributed by atoms with van der Waals surface area (Å²) < 4.78 is 36.1. The van der Waals surface area contributed by atoms with Gasteiger partial charge >= 0.3 is 0 Å². The molecule has 1 aliphatic carbocycles. The number of hydrogen-bond acceptors (Lipinski definition) is 12. The van der Waals surface area contributed by atoms with E-state index < -0.39 is 78.3 Å². The number of hydrogen-bond donors (Lipinski definition) is 6. The normalized spacial score (nSPS) is 38.5. The molecule has 55 heavy (non-hydrogen) atoms. The lowest BCUT2D eigenvalue weighted by molar-refractivity contribution is -0.338. The fourth-order valence-corrected chi connectivity index (χ4v) is 8.22. The van der Waals surface area contributed by atoms with E-state index in [9.17, 15) is 30.3 Å². The molecule has 0 spiro atoms. The summed E-state index contributed by atoms with van der Waals surface area (Å²) in [5, 5.41) is 58.2. The molecule has 0 bridgehead atoms. The summed E-state index contributed by atoms with van der Waals surface area (Å²) in [7, 11) is 4.60. The van der Waals surface area contributed by atoms with Crippen molar-refractivity contribution in [1.82, 2.24) is 5.32 Å². The highest BCUT2D eigenvalue weighted by Crippen LogP contribution is 2.43. The van der Waals surface area contributed by atoms with E-state index in [1.165, 1.54) is 21.1 Å². The van der Waals surface area contributed by atoms with Crippen LogP contribution in [0.2, 0.25) is 0 Å². The van der Waals surface area contributed by atoms with Gasteiger partial charge in [0.25, 0.3) is 0 Å². The zero-order valence-electron chi connectivity index (χ0n) is 35.0. The number of nitrogens with one attached hydrogen (secondary N) is 1. The Morgan fingerprint density at radius 1 is 1.04 bits per heavy atom. The van der Waals surface area contributed by atoms with E-state index in [1.807, 2.05) is 39.0 Å². The molecule has 0 aromatic carbocycles. The molecular formula is C42H71NO12. The molecule has 0 aromatic rings. The summed E-state index contributed by atoms with van der Waals surface area (Å²) in [5.41, 5.74) is -0.287. The lowest BCUT2D eigenvalue weighted by atomic mass is 9.79. The molecule has 3 rings (SSSR count). The molecule has 1 saturated carbocycles. The maximum Gasteiger partial charge on any atom is 0.217 e. The Morgan fingerprint density at radius 2 is 1.71 bits per heavy atom. The molecule has 13 unspecified atom stereocenters. The maximum atomic E-state index is 12.1. The molecular weight excluding hydrogens is 710 g/mol.